The highest BCUT2D eigenvalue weighted by molar-refractivity contribution is 5.95. The molecule has 2 aliphatic rings. The molecule has 186 valence electrons. The molecule has 1 atom stereocenters. The molecule has 0 radical (unpaired) electrons. The van der Waals surface area contributed by atoms with Crippen molar-refractivity contribution in [1.82, 2.24) is 4.98 Å². The van der Waals surface area contributed by atoms with E-state index in [0.29, 0.717) is 5.92 Å². The standard InChI is InChI=1S/C38H29N/c1-38(2)34-15-6-4-10-27(34)23-33-30-18-17-26(22-32(30)31-14-8-16-35(38)36(31)33)25-11-7-12-28(21-25)37-29-13-5-3-9-24(29)19-20-39-37/h3-22,33H,23H2,1-2H3. The van der Waals surface area contributed by atoms with Gasteiger partial charge in [-0.15, -0.1) is 0 Å². The second-order valence-corrected chi connectivity index (χ2v) is 11.6. The molecule has 39 heavy (non-hydrogen) atoms. The molecule has 6 aromatic rings. The third-order valence-corrected chi connectivity index (χ3v) is 9.10. The largest absolute Gasteiger partial charge is 0.256 e. The van der Waals surface area contributed by atoms with Crippen molar-refractivity contribution in [1.29, 1.82) is 0 Å². The SMILES string of the molecule is CC1(C)c2ccccc2CC2c3ccc(-c4cccc(-c5nccc6ccccc56)c4)cc3-c3cccc1c32. The number of benzene rings is 5. The first-order chi connectivity index (χ1) is 19.1. The molecule has 1 heteroatoms. The van der Waals surface area contributed by atoms with Crippen LogP contribution in [0, 0.1) is 0 Å². The lowest BCUT2D eigenvalue weighted by molar-refractivity contribution is 0.636. The molecule has 1 unspecified atom stereocenters. The lowest BCUT2D eigenvalue weighted by Gasteiger charge is -2.28. The van der Waals surface area contributed by atoms with Gasteiger partial charge in [0.05, 0.1) is 5.69 Å². The Labute approximate surface area is 229 Å². The van der Waals surface area contributed by atoms with Crippen molar-refractivity contribution in [3.63, 3.8) is 0 Å². The highest BCUT2D eigenvalue weighted by atomic mass is 14.7. The van der Waals surface area contributed by atoms with Crippen LogP contribution in [-0.4, -0.2) is 4.98 Å². The van der Waals surface area contributed by atoms with Crippen LogP contribution >= 0.6 is 0 Å². The van der Waals surface area contributed by atoms with Gasteiger partial charge in [0.2, 0.25) is 0 Å². The van der Waals surface area contributed by atoms with E-state index >= 15 is 0 Å². The predicted octanol–water partition coefficient (Wildman–Crippen LogP) is 9.56. The van der Waals surface area contributed by atoms with Gasteiger partial charge in [0, 0.05) is 28.5 Å². The minimum Gasteiger partial charge on any atom is -0.256 e. The van der Waals surface area contributed by atoms with Crippen molar-refractivity contribution < 1.29 is 0 Å². The first kappa shape index (κ1) is 22.5. The van der Waals surface area contributed by atoms with Crippen molar-refractivity contribution in [3.8, 4) is 33.5 Å². The zero-order valence-corrected chi connectivity index (χ0v) is 22.3. The van der Waals surface area contributed by atoms with Crippen molar-refractivity contribution in [3.05, 3.63) is 149 Å². The fourth-order valence-electron chi connectivity index (χ4n) is 7.23. The van der Waals surface area contributed by atoms with Crippen LogP contribution in [0.4, 0.5) is 0 Å². The number of aromatic nitrogens is 1. The number of hydrogen-bond donors (Lipinski definition) is 0. The van der Waals surface area contributed by atoms with E-state index in [-0.39, 0.29) is 5.41 Å². The van der Waals surface area contributed by atoms with Gasteiger partial charge < -0.3 is 0 Å². The molecule has 0 fully saturated rings. The van der Waals surface area contributed by atoms with Crippen molar-refractivity contribution in [2.45, 2.75) is 31.6 Å². The minimum absolute atomic E-state index is 0.0264. The van der Waals surface area contributed by atoms with Crippen LogP contribution in [0.5, 0.6) is 0 Å². The summed E-state index contributed by atoms with van der Waals surface area (Å²) < 4.78 is 0. The molecule has 1 nitrogen and oxygen atoms in total. The summed E-state index contributed by atoms with van der Waals surface area (Å²) in [5.74, 6) is 0.398. The number of hydrogen-bond acceptors (Lipinski definition) is 1. The summed E-state index contributed by atoms with van der Waals surface area (Å²) in [5.41, 5.74) is 14.8. The van der Waals surface area contributed by atoms with E-state index in [2.05, 4.69) is 129 Å². The van der Waals surface area contributed by atoms with E-state index in [4.69, 9.17) is 4.98 Å². The Morgan fingerprint density at radius 3 is 2.36 bits per heavy atom. The Balaban J connectivity index is 1.27. The number of pyridine rings is 1. The first-order valence-corrected chi connectivity index (χ1v) is 13.9. The molecular formula is C38H29N. The maximum Gasteiger partial charge on any atom is 0.0780 e. The van der Waals surface area contributed by atoms with Gasteiger partial charge in [0.25, 0.3) is 0 Å². The lowest BCUT2D eigenvalue weighted by Crippen LogP contribution is -2.20. The van der Waals surface area contributed by atoms with Crippen LogP contribution in [-0.2, 0) is 11.8 Å². The number of rotatable bonds is 2. The second-order valence-electron chi connectivity index (χ2n) is 11.6. The molecule has 5 aromatic carbocycles. The van der Waals surface area contributed by atoms with Crippen LogP contribution in [0.25, 0.3) is 44.3 Å². The van der Waals surface area contributed by atoms with Crippen LogP contribution in [0.2, 0.25) is 0 Å². The third kappa shape index (κ3) is 3.29. The lowest BCUT2D eigenvalue weighted by atomic mass is 9.75. The smallest absolute Gasteiger partial charge is 0.0780 e. The molecule has 8 rings (SSSR count). The van der Waals surface area contributed by atoms with Crippen molar-refractivity contribution in [2.24, 2.45) is 0 Å². The molecule has 0 N–H and O–H groups in total. The number of nitrogens with zero attached hydrogens (tertiary/aromatic N) is 1. The van der Waals surface area contributed by atoms with E-state index in [1.807, 2.05) is 6.20 Å². The van der Waals surface area contributed by atoms with Crippen molar-refractivity contribution in [2.75, 3.05) is 0 Å². The van der Waals surface area contributed by atoms with E-state index in [1.54, 1.807) is 0 Å². The normalized spacial score (nSPS) is 16.3. The molecule has 1 heterocycles. The maximum absolute atomic E-state index is 4.78. The van der Waals surface area contributed by atoms with Crippen LogP contribution in [0.1, 0.15) is 47.6 Å². The Bertz CT molecular complexity index is 1920. The van der Waals surface area contributed by atoms with E-state index < -0.39 is 0 Å². The monoisotopic (exact) mass is 499 g/mol. The summed E-state index contributed by atoms with van der Waals surface area (Å²) in [7, 11) is 0. The Morgan fingerprint density at radius 2 is 1.41 bits per heavy atom. The summed E-state index contributed by atoms with van der Waals surface area (Å²) in [4.78, 5) is 4.78. The van der Waals surface area contributed by atoms with Gasteiger partial charge in [-0.05, 0) is 80.1 Å². The molecule has 2 aliphatic carbocycles. The Hall–Kier alpha value is -4.49. The summed E-state index contributed by atoms with van der Waals surface area (Å²) in [6, 6.07) is 42.6. The fraction of sp³-hybridized carbons (Fsp3) is 0.132. The van der Waals surface area contributed by atoms with Gasteiger partial charge in [0.15, 0.2) is 0 Å². The minimum atomic E-state index is -0.0264. The maximum atomic E-state index is 4.78. The number of fused-ring (bicyclic) bond motifs is 5. The molecular weight excluding hydrogens is 470 g/mol. The second kappa shape index (κ2) is 8.25. The van der Waals surface area contributed by atoms with Crippen LogP contribution in [0.15, 0.2) is 121 Å². The predicted molar refractivity (Wildman–Crippen MR) is 162 cm³/mol. The highest BCUT2D eigenvalue weighted by Crippen LogP contribution is 2.54. The summed E-state index contributed by atoms with van der Waals surface area (Å²) in [6.07, 6.45) is 2.97. The topological polar surface area (TPSA) is 12.9 Å². The first-order valence-electron chi connectivity index (χ1n) is 13.9. The van der Waals surface area contributed by atoms with E-state index in [0.717, 1.165) is 17.7 Å². The van der Waals surface area contributed by atoms with Gasteiger partial charge in [-0.1, -0.05) is 111 Å². The zero-order chi connectivity index (χ0) is 26.1. The van der Waals surface area contributed by atoms with Crippen LogP contribution in [0.3, 0.4) is 0 Å². The fourth-order valence-corrected chi connectivity index (χ4v) is 7.23. The van der Waals surface area contributed by atoms with Gasteiger partial charge in [-0.2, -0.15) is 0 Å². The molecule has 0 saturated heterocycles. The molecule has 0 bridgehead atoms. The molecule has 0 spiro atoms. The van der Waals surface area contributed by atoms with E-state index in [1.165, 1.54) is 60.8 Å². The van der Waals surface area contributed by atoms with Gasteiger partial charge in [-0.25, -0.2) is 0 Å². The molecule has 0 saturated carbocycles. The van der Waals surface area contributed by atoms with Gasteiger partial charge >= 0.3 is 0 Å². The summed E-state index contributed by atoms with van der Waals surface area (Å²) in [5, 5.41) is 2.41. The van der Waals surface area contributed by atoms with Gasteiger partial charge in [0.1, 0.15) is 0 Å². The Morgan fingerprint density at radius 1 is 0.641 bits per heavy atom. The summed E-state index contributed by atoms with van der Waals surface area (Å²) >= 11 is 0. The van der Waals surface area contributed by atoms with Crippen LogP contribution < -0.4 is 0 Å². The van der Waals surface area contributed by atoms with E-state index in [9.17, 15) is 0 Å². The average Bonchev–Trinajstić information content (AvgIpc) is 3.24. The quantitative estimate of drug-likeness (QED) is 0.231. The van der Waals surface area contributed by atoms with Gasteiger partial charge in [-0.3, -0.25) is 4.98 Å². The molecule has 0 amide bonds. The average molecular weight is 500 g/mol. The molecule has 1 aromatic heterocycles. The summed E-state index contributed by atoms with van der Waals surface area (Å²) in [6.45, 7) is 4.79. The molecule has 0 aliphatic heterocycles. The highest BCUT2D eigenvalue weighted by Gasteiger charge is 2.39. The van der Waals surface area contributed by atoms with Crippen molar-refractivity contribution >= 4 is 10.8 Å². The zero-order valence-electron chi connectivity index (χ0n) is 22.3. The Kier molecular flexibility index (Phi) is 4.76. The third-order valence-electron chi connectivity index (χ3n) is 9.10.